The van der Waals surface area contributed by atoms with Crippen molar-refractivity contribution in [2.24, 2.45) is 10.2 Å². The van der Waals surface area contributed by atoms with Crippen LogP contribution < -0.4 is 4.65 Å². The van der Waals surface area contributed by atoms with E-state index in [9.17, 15) is 18.7 Å². The number of hydrogen-bond donors (Lipinski definition) is 0. The third-order valence-electron chi connectivity index (χ3n) is 4.26. The molecule has 0 spiro atoms. The standard InChI is InChI=1S/C19H13BF2N4O3/c21-20(22)25(13-14-12-18(26(27)28)10-11-19(14)29-20)17-8-6-16(7-9-17)24-23-15-4-2-1-3-5-15/h1-13H/b24-23+. The number of hydrogen-bond acceptors (Lipinski definition) is 5. The maximum atomic E-state index is 14.5. The lowest BCUT2D eigenvalue weighted by Gasteiger charge is -2.27. The second kappa shape index (κ2) is 7.23. The van der Waals surface area contributed by atoms with Gasteiger partial charge in [0.1, 0.15) is 6.21 Å². The molecule has 0 aliphatic carbocycles. The Balaban J connectivity index is 1.65. The van der Waals surface area contributed by atoms with E-state index in [1.54, 1.807) is 24.3 Å². The molecule has 29 heavy (non-hydrogen) atoms. The minimum absolute atomic E-state index is 0.106. The molecule has 1 aliphatic heterocycles. The number of benzene rings is 3. The maximum Gasteiger partial charge on any atom is 0.834 e. The predicted octanol–water partition coefficient (Wildman–Crippen LogP) is 5.54. The molecule has 1 aliphatic rings. The Hall–Kier alpha value is -3.95. The Labute approximate surface area is 163 Å². The van der Waals surface area contributed by atoms with Crippen molar-refractivity contribution in [2.45, 2.75) is 0 Å². The van der Waals surface area contributed by atoms with E-state index in [2.05, 4.69) is 10.2 Å². The monoisotopic (exact) mass is 394 g/mol. The van der Waals surface area contributed by atoms with Gasteiger partial charge in [0.15, 0.2) is 5.69 Å². The van der Waals surface area contributed by atoms with Crippen LogP contribution in [0.4, 0.5) is 31.4 Å². The molecule has 0 N–H and O–H groups in total. The number of rotatable bonds is 4. The molecule has 0 saturated carbocycles. The average molecular weight is 394 g/mol. The zero-order valence-electron chi connectivity index (χ0n) is 14.9. The van der Waals surface area contributed by atoms with Gasteiger partial charge in [0.2, 0.25) is 0 Å². The molecule has 0 unspecified atom stereocenters. The molecule has 0 radical (unpaired) electrons. The zero-order valence-corrected chi connectivity index (χ0v) is 14.9. The molecule has 7 nitrogen and oxygen atoms in total. The van der Waals surface area contributed by atoms with Crippen LogP contribution in [0.25, 0.3) is 0 Å². The van der Waals surface area contributed by atoms with Crippen molar-refractivity contribution in [1.82, 2.24) is 0 Å². The van der Waals surface area contributed by atoms with Gasteiger partial charge in [-0.2, -0.15) is 10.2 Å². The molecule has 1 heterocycles. The summed E-state index contributed by atoms with van der Waals surface area (Å²) in [5.74, 6) is -0.106. The highest BCUT2D eigenvalue weighted by molar-refractivity contribution is 6.53. The molecule has 0 saturated heterocycles. The van der Waals surface area contributed by atoms with Crippen LogP contribution in [0.15, 0.2) is 83.0 Å². The number of non-ortho nitro benzene ring substituents is 1. The molecule has 4 rings (SSSR count). The van der Waals surface area contributed by atoms with E-state index >= 15 is 0 Å². The van der Waals surface area contributed by atoms with E-state index in [4.69, 9.17) is 4.65 Å². The molecule has 10 heteroatoms. The molecular formula is C19H13BF2N4O3. The zero-order chi connectivity index (χ0) is 20.4. The summed E-state index contributed by atoms with van der Waals surface area (Å²) in [5, 5.41) is 19.1. The summed E-state index contributed by atoms with van der Waals surface area (Å²) < 4.78 is 34.5. The lowest BCUT2D eigenvalue weighted by atomic mass is 9.98. The summed E-state index contributed by atoms with van der Waals surface area (Å²) in [4.78, 5) is 10.3. The number of azo groups is 1. The van der Waals surface area contributed by atoms with Crippen molar-refractivity contribution in [2.75, 3.05) is 0 Å². The fourth-order valence-corrected chi connectivity index (χ4v) is 2.85. The van der Waals surface area contributed by atoms with Crippen molar-refractivity contribution in [3.05, 3.63) is 88.5 Å². The van der Waals surface area contributed by atoms with Crippen LogP contribution in [0.3, 0.4) is 0 Å². The second-order valence-electron chi connectivity index (χ2n) is 6.25. The Morgan fingerprint density at radius 1 is 0.931 bits per heavy atom. The van der Waals surface area contributed by atoms with Crippen LogP contribution in [0.5, 0.6) is 5.75 Å². The normalized spacial score (nSPS) is 14.8. The van der Waals surface area contributed by atoms with Gasteiger partial charge in [-0.15, -0.1) is 0 Å². The Kier molecular flexibility index (Phi) is 4.59. The predicted molar refractivity (Wildman–Crippen MR) is 104 cm³/mol. The van der Waals surface area contributed by atoms with Crippen molar-refractivity contribution in [3.8, 4) is 5.75 Å². The summed E-state index contributed by atoms with van der Waals surface area (Å²) in [6.45, 7) is 0. The summed E-state index contributed by atoms with van der Waals surface area (Å²) in [6, 6.07) is 18.6. The first kappa shape index (κ1) is 18.4. The number of nitro groups is 1. The fourth-order valence-electron chi connectivity index (χ4n) is 2.85. The molecule has 0 aromatic heterocycles. The van der Waals surface area contributed by atoms with Gasteiger partial charge < -0.3 is 17.8 Å². The summed E-state index contributed by atoms with van der Waals surface area (Å²) in [5.41, 5.74) is 1.30. The van der Waals surface area contributed by atoms with E-state index in [1.807, 2.05) is 18.2 Å². The summed E-state index contributed by atoms with van der Waals surface area (Å²) in [7, 11) is -4.39. The highest BCUT2D eigenvalue weighted by Crippen LogP contribution is 2.33. The van der Waals surface area contributed by atoms with Crippen molar-refractivity contribution >= 4 is 36.0 Å². The van der Waals surface area contributed by atoms with Gasteiger partial charge in [-0.1, -0.05) is 18.2 Å². The maximum absolute atomic E-state index is 14.5. The van der Waals surface area contributed by atoms with E-state index in [0.29, 0.717) is 15.9 Å². The molecule has 3 aromatic carbocycles. The van der Waals surface area contributed by atoms with E-state index in [-0.39, 0.29) is 22.7 Å². The van der Waals surface area contributed by atoms with Gasteiger partial charge in [0.25, 0.3) is 5.69 Å². The Morgan fingerprint density at radius 3 is 2.24 bits per heavy atom. The molecule has 0 amide bonds. The quantitative estimate of drug-likeness (QED) is 0.252. The smallest absolute Gasteiger partial charge is 0.599 e. The molecular weight excluding hydrogens is 381 g/mol. The van der Waals surface area contributed by atoms with Crippen LogP contribution in [-0.4, -0.2) is 22.7 Å². The molecule has 144 valence electrons. The molecule has 3 aromatic rings. The fraction of sp³-hybridized carbons (Fsp3) is 0. The van der Waals surface area contributed by atoms with Gasteiger partial charge in [-0.25, -0.2) is 0 Å². The summed E-state index contributed by atoms with van der Waals surface area (Å²) >= 11 is 0. The van der Waals surface area contributed by atoms with Gasteiger partial charge >= 0.3 is 7.04 Å². The molecule has 0 fully saturated rings. The van der Waals surface area contributed by atoms with E-state index in [1.165, 1.54) is 24.3 Å². The van der Waals surface area contributed by atoms with Crippen molar-refractivity contribution < 1.29 is 22.7 Å². The molecule has 0 atom stereocenters. The number of halogens is 2. The highest BCUT2D eigenvalue weighted by atomic mass is 19.3. The third kappa shape index (κ3) is 3.86. The Bertz CT molecular complexity index is 1140. The first-order chi connectivity index (χ1) is 13.9. The van der Waals surface area contributed by atoms with Crippen molar-refractivity contribution in [1.29, 1.82) is 0 Å². The topological polar surface area (TPSA) is 80.1 Å². The van der Waals surface area contributed by atoms with E-state index in [0.717, 1.165) is 12.3 Å². The summed E-state index contributed by atoms with van der Waals surface area (Å²) in [6.07, 6.45) is 1.15. The van der Waals surface area contributed by atoms with E-state index < -0.39 is 12.0 Å². The minimum atomic E-state index is -4.39. The Morgan fingerprint density at radius 2 is 1.59 bits per heavy atom. The molecule has 0 bridgehead atoms. The second-order valence-corrected chi connectivity index (χ2v) is 6.25. The number of fused-ring (bicyclic) bond motifs is 1. The van der Waals surface area contributed by atoms with Crippen LogP contribution in [-0.2, 0) is 0 Å². The van der Waals surface area contributed by atoms with Gasteiger partial charge in [0, 0.05) is 24.3 Å². The van der Waals surface area contributed by atoms with Gasteiger partial charge in [0.05, 0.1) is 27.6 Å². The minimum Gasteiger partial charge on any atom is -0.599 e. The van der Waals surface area contributed by atoms with Crippen LogP contribution in [0.2, 0.25) is 0 Å². The van der Waals surface area contributed by atoms with Crippen LogP contribution in [0, 0.1) is 10.1 Å². The van der Waals surface area contributed by atoms with Gasteiger partial charge in [-0.05, 0) is 30.3 Å². The first-order valence-electron chi connectivity index (χ1n) is 8.61. The lowest BCUT2D eigenvalue weighted by Crippen LogP contribution is -2.46. The largest absolute Gasteiger partial charge is 0.834 e. The van der Waals surface area contributed by atoms with Crippen LogP contribution in [0.1, 0.15) is 5.56 Å². The number of nitrogens with zero attached hydrogens (tertiary/aromatic N) is 4. The highest BCUT2D eigenvalue weighted by Gasteiger charge is 2.50. The van der Waals surface area contributed by atoms with Gasteiger partial charge in [-0.3, -0.25) is 10.1 Å². The average Bonchev–Trinajstić information content (AvgIpc) is 2.72. The first-order valence-corrected chi connectivity index (χ1v) is 8.61. The van der Waals surface area contributed by atoms with Crippen molar-refractivity contribution in [3.63, 3.8) is 0 Å². The SMILES string of the molecule is O=[N+]([O-])c1ccc2c(c1)C=[N+](c1ccc(/N=N/c3ccccc3)cc1)[B-](F)(F)O2. The van der Waals surface area contributed by atoms with Crippen LogP contribution >= 0.6 is 0 Å². The number of nitro benzene ring substituents is 1. The third-order valence-corrected chi connectivity index (χ3v) is 4.26. The lowest BCUT2D eigenvalue weighted by molar-refractivity contribution is -0.385.